The van der Waals surface area contributed by atoms with Crippen molar-refractivity contribution in [2.45, 2.75) is 43.8 Å². The average Bonchev–Trinajstić information content (AvgIpc) is 3.39. The molecule has 2 saturated heterocycles. The van der Waals surface area contributed by atoms with Crippen LogP contribution >= 0.6 is 11.3 Å². The van der Waals surface area contributed by atoms with Crippen LogP contribution in [0, 0.1) is 0 Å². The van der Waals surface area contributed by atoms with E-state index in [1.54, 1.807) is 24.3 Å². The lowest BCUT2D eigenvalue weighted by molar-refractivity contribution is -0.126. The Morgan fingerprint density at radius 1 is 1.21 bits per heavy atom. The molecule has 3 unspecified atom stereocenters. The number of carbonyl (C=O) groups is 2. The fourth-order valence-electron chi connectivity index (χ4n) is 3.67. The monoisotopic (exact) mass is 407 g/mol. The highest BCUT2D eigenvalue weighted by Gasteiger charge is 2.39. The lowest BCUT2D eigenvalue weighted by Gasteiger charge is -2.20. The second-order valence-electron chi connectivity index (χ2n) is 6.90. The Morgan fingerprint density at radius 2 is 2.07 bits per heavy atom. The van der Waals surface area contributed by atoms with Gasteiger partial charge in [0.2, 0.25) is 0 Å². The molecule has 28 heavy (non-hydrogen) atoms. The summed E-state index contributed by atoms with van der Waals surface area (Å²) in [5, 5.41) is 9.17. The number of rotatable bonds is 6. The van der Waals surface area contributed by atoms with E-state index >= 15 is 0 Å². The smallest absolute Gasteiger partial charge is 0.315 e. The Morgan fingerprint density at radius 3 is 2.79 bits per heavy atom. The molecule has 3 N–H and O–H groups in total. The number of thiophene rings is 1. The highest BCUT2D eigenvalue weighted by molar-refractivity contribution is 7.15. The standard InChI is InChI=1S/C19H19F2N3O3S/c20-17(21)19(26)23-10-2-1-3-12(8-10)27-16-7-6-15(28-16)18(25)24-14-9-11-4-5-13(14)22-11/h1-3,6-8,11,13-14,17,22H,4-5,9H2,(H,23,26)(H,24,25). The van der Waals surface area contributed by atoms with Crippen molar-refractivity contribution in [1.82, 2.24) is 10.6 Å². The van der Waals surface area contributed by atoms with E-state index in [1.807, 2.05) is 0 Å². The Labute approximate surface area is 164 Å². The first-order valence-electron chi connectivity index (χ1n) is 9.01. The lowest BCUT2D eigenvalue weighted by Crippen LogP contribution is -2.42. The van der Waals surface area contributed by atoms with Crippen LogP contribution in [0.15, 0.2) is 36.4 Å². The first kappa shape index (κ1) is 18.8. The van der Waals surface area contributed by atoms with Crippen LogP contribution in [-0.4, -0.2) is 36.4 Å². The molecule has 3 heterocycles. The number of ether oxygens (including phenoxy) is 1. The number of carbonyl (C=O) groups excluding carboxylic acids is 2. The van der Waals surface area contributed by atoms with Gasteiger partial charge in [-0.05, 0) is 43.5 Å². The zero-order valence-electron chi connectivity index (χ0n) is 14.8. The molecule has 148 valence electrons. The molecule has 0 saturated carbocycles. The normalized spacial score (nSPS) is 23.0. The zero-order valence-corrected chi connectivity index (χ0v) is 15.6. The molecule has 2 amide bonds. The lowest BCUT2D eigenvalue weighted by atomic mass is 9.95. The number of amides is 2. The summed E-state index contributed by atoms with van der Waals surface area (Å²) in [5.74, 6) is -1.13. The maximum atomic E-state index is 12.5. The zero-order chi connectivity index (χ0) is 19.7. The molecule has 3 atom stereocenters. The number of nitrogens with one attached hydrogen (secondary N) is 3. The highest BCUT2D eigenvalue weighted by atomic mass is 32.1. The van der Waals surface area contributed by atoms with Crippen LogP contribution in [0.2, 0.25) is 0 Å². The van der Waals surface area contributed by atoms with E-state index in [1.165, 1.54) is 29.9 Å². The fourth-order valence-corrected chi connectivity index (χ4v) is 4.45. The second kappa shape index (κ2) is 7.84. The molecule has 2 fully saturated rings. The van der Waals surface area contributed by atoms with Gasteiger partial charge < -0.3 is 20.7 Å². The molecule has 1 aromatic heterocycles. The van der Waals surface area contributed by atoms with E-state index in [0.29, 0.717) is 27.8 Å². The molecule has 1 aromatic carbocycles. The summed E-state index contributed by atoms with van der Waals surface area (Å²) in [7, 11) is 0. The minimum atomic E-state index is -3.09. The molecule has 2 aliphatic heterocycles. The molecule has 0 aliphatic carbocycles. The molecular weight excluding hydrogens is 388 g/mol. The molecule has 0 radical (unpaired) electrons. The molecule has 6 nitrogen and oxygen atoms in total. The van der Waals surface area contributed by atoms with Crippen LogP contribution < -0.4 is 20.7 Å². The highest BCUT2D eigenvalue weighted by Crippen LogP contribution is 2.32. The van der Waals surface area contributed by atoms with E-state index in [0.717, 1.165) is 12.8 Å². The summed E-state index contributed by atoms with van der Waals surface area (Å²) in [6.45, 7) is 0. The molecule has 4 rings (SSSR count). The Kier molecular flexibility index (Phi) is 5.27. The van der Waals surface area contributed by atoms with Gasteiger partial charge in [-0.3, -0.25) is 9.59 Å². The van der Waals surface area contributed by atoms with Gasteiger partial charge in [0.25, 0.3) is 11.8 Å². The first-order chi connectivity index (χ1) is 13.5. The number of alkyl halides is 2. The molecule has 2 aliphatic rings. The number of halogens is 2. The Balaban J connectivity index is 1.37. The van der Waals surface area contributed by atoms with Gasteiger partial charge in [0.05, 0.1) is 4.88 Å². The first-order valence-corrected chi connectivity index (χ1v) is 9.83. The largest absolute Gasteiger partial charge is 0.447 e. The average molecular weight is 407 g/mol. The Bertz CT molecular complexity index is 889. The number of fused-ring (bicyclic) bond motifs is 2. The van der Waals surface area contributed by atoms with Gasteiger partial charge in [-0.25, -0.2) is 0 Å². The summed E-state index contributed by atoms with van der Waals surface area (Å²) in [5.41, 5.74) is 0.209. The van der Waals surface area contributed by atoms with Gasteiger partial charge >= 0.3 is 6.43 Å². The van der Waals surface area contributed by atoms with E-state index in [4.69, 9.17) is 4.74 Å². The second-order valence-corrected chi connectivity index (χ2v) is 7.95. The van der Waals surface area contributed by atoms with Crippen LogP contribution in [0.1, 0.15) is 28.9 Å². The maximum Gasteiger partial charge on any atom is 0.315 e. The fraction of sp³-hybridized carbons (Fsp3) is 0.368. The van der Waals surface area contributed by atoms with Crippen molar-refractivity contribution in [2.75, 3.05) is 5.32 Å². The molecule has 2 aromatic rings. The minimum Gasteiger partial charge on any atom is -0.447 e. The van der Waals surface area contributed by atoms with Gasteiger partial charge in [-0.15, -0.1) is 0 Å². The van der Waals surface area contributed by atoms with Gasteiger partial charge in [0, 0.05) is 29.9 Å². The number of hydrogen-bond donors (Lipinski definition) is 3. The Hall–Kier alpha value is -2.52. The number of hydrogen-bond acceptors (Lipinski definition) is 5. The third kappa shape index (κ3) is 4.15. The van der Waals surface area contributed by atoms with Gasteiger partial charge in [-0.1, -0.05) is 17.4 Å². The SMILES string of the molecule is O=C(NC1CC2CCC1N2)c1ccc(Oc2cccc(NC(=O)C(F)F)c2)s1. The topological polar surface area (TPSA) is 79.5 Å². The van der Waals surface area contributed by atoms with E-state index in [9.17, 15) is 18.4 Å². The van der Waals surface area contributed by atoms with Crippen molar-refractivity contribution in [1.29, 1.82) is 0 Å². The molecule has 2 bridgehead atoms. The molecule has 9 heteroatoms. The van der Waals surface area contributed by atoms with Gasteiger partial charge in [0.15, 0.2) is 5.06 Å². The van der Waals surface area contributed by atoms with Crippen molar-refractivity contribution in [3.8, 4) is 10.8 Å². The maximum absolute atomic E-state index is 12.5. The van der Waals surface area contributed by atoms with Crippen molar-refractivity contribution in [3.63, 3.8) is 0 Å². The van der Waals surface area contributed by atoms with Gasteiger partial charge in [0.1, 0.15) is 5.75 Å². The number of benzene rings is 1. The van der Waals surface area contributed by atoms with Crippen molar-refractivity contribution < 1.29 is 23.1 Å². The van der Waals surface area contributed by atoms with Crippen molar-refractivity contribution in [2.24, 2.45) is 0 Å². The van der Waals surface area contributed by atoms with Crippen LogP contribution in [0.4, 0.5) is 14.5 Å². The van der Waals surface area contributed by atoms with Gasteiger partial charge in [-0.2, -0.15) is 8.78 Å². The third-order valence-electron chi connectivity index (χ3n) is 4.94. The molecule has 0 spiro atoms. The van der Waals surface area contributed by atoms with Crippen LogP contribution in [0.3, 0.4) is 0 Å². The summed E-state index contributed by atoms with van der Waals surface area (Å²) < 4.78 is 30.4. The van der Waals surface area contributed by atoms with Crippen LogP contribution in [0.5, 0.6) is 10.8 Å². The van der Waals surface area contributed by atoms with E-state index < -0.39 is 12.3 Å². The van der Waals surface area contributed by atoms with Crippen LogP contribution in [0.25, 0.3) is 0 Å². The quantitative estimate of drug-likeness (QED) is 0.686. The summed E-state index contributed by atoms with van der Waals surface area (Å²) in [6.07, 6.45) is 0.133. The minimum absolute atomic E-state index is 0.128. The molecular formula is C19H19F2N3O3S. The third-order valence-corrected chi connectivity index (χ3v) is 5.90. The predicted molar refractivity (Wildman–Crippen MR) is 101 cm³/mol. The predicted octanol–water partition coefficient (Wildman–Crippen LogP) is 3.37. The summed E-state index contributed by atoms with van der Waals surface area (Å²) in [6, 6.07) is 10.6. The van der Waals surface area contributed by atoms with Crippen molar-refractivity contribution in [3.05, 3.63) is 41.3 Å². The van der Waals surface area contributed by atoms with E-state index in [2.05, 4.69) is 16.0 Å². The number of anilines is 1. The summed E-state index contributed by atoms with van der Waals surface area (Å²) in [4.78, 5) is 24.1. The summed E-state index contributed by atoms with van der Waals surface area (Å²) >= 11 is 1.20. The van der Waals surface area contributed by atoms with Crippen molar-refractivity contribution >= 4 is 28.8 Å². The van der Waals surface area contributed by atoms with E-state index in [-0.39, 0.29) is 17.6 Å². The van der Waals surface area contributed by atoms with Crippen LogP contribution in [-0.2, 0) is 4.79 Å².